The highest BCUT2D eigenvalue weighted by Crippen LogP contribution is 2.34. The molecule has 0 radical (unpaired) electrons. The predicted octanol–water partition coefficient (Wildman–Crippen LogP) is 4.08. The van der Waals surface area contributed by atoms with Crippen molar-refractivity contribution in [3.05, 3.63) is 63.6 Å². The van der Waals surface area contributed by atoms with Gasteiger partial charge in [0.1, 0.15) is 11.9 Å². The van der Waals surface area contributed by atoms with Gasteiger partial charge in [0.25, 0.3) is 0 Å². The molecule has 0 fully saturated rings. The number of rotatable bonds is 3. The summed E-state index contributed by atoms with van der Waals surface area (Å²) in [7, 11) is 1.54. The molecule has 4 heteroatoms. The first-order valence-corrected chi connectivity index (χ1v) is 6.15. The molecule has 18 heavy (non-hydrogen) atoms. The van der Waals surface area contributed by atoms with Gasteiger partial charge in [0.2, 0.25) is 0 Å². The quantitative estimate of drug-likeness (QED) is 0.919. The lowest BCUT2D eigenvalue weighted by atomic mass is 10.0. The maximum Gasteiger partial charge on any atom is 0.126 e. The number of hydrogen-bond donors (Lipinski definition) is 1. The fourth-order valence-electron chi connectivity index (χ4n) is 1.78. The third-order valence-corrected chi connectivity index (χ3v) is 3.27. The van der Waals surface area contributed by atoms with E-state index >= 15 is 0 Å². The van der Waals surface area contributed by atoms with Crippen LogP contribution in [0.2, 0.25) is 10.0 Å². The minimum absolute atomic E-state index is 0.516. The van der Waals surface area contributed by atoms with Crippen molar-refractivity contribution in [2.75, 3.05) is 7.11 Å². The number of halogens is 2. The molecule has 1 atom stereocenters. The van der Waals surface area contributed by atoms with E-state index in [-0.39, 0.29) is 0 Å². The first-order valence-electron chi connectivity index (χ1n) is 5.39. The first kappa shape index (κ1) is 13.2. The van der Waals surface area contributed by atoms with Crippen LogP contribution in [0.25, 0.3) is 0 Å². The predicted molar refractivity (Wildman–Crippen MR) is 73.5 cm³/mol. The van der Waals surface area contributed by atoms with Gasteiger partial charge in [-0.1, -0.05) is 47.5 Å². The Morgan fingerprint density at radius 1 is 1.06 bits per heavy atom. The minimum Gasteiger partial charge on any atom is -0.496 e. The van der Waals surface area contributed by atoms with Crippen molar-refractivity contribution in [3.63, 3.8) is 0 Å². The largest absolute Gasteiger partial charge is 0.496 e. The molecule has 0 amide bonds. The average Bonchev–Trinajstić information content (AvgIpc) is 2.38. The van der Waals surface area contributed by atoms with Crippen LogP contribution in [0.15, 0.2) is 42.5 Å². The molecule has 0 saturated heterocycles. The van der Waals surface area contributed by atoms with E-state index in [0.29, 0.717) is 26.9 Å². The van der Waals surface area contributed by atoms with Gasteiger partial charge >= 0.3 is 0 Å². The van der Waals surface area contributed by atoms with Gasteiger partial charge < -0.3 is 9.84 Å². The van der Waals surface area contributed by atoms with Crippen LogP contribution in [0.3, 0.4) is 0 Å². The van der Waals surface area contributed by atoms with Gasteiger partial charge in [0, 0.05) is 21.2 Å². The maximum atomic E-state index is 10.4. The van der Waals surface area contributed by atoms with Crippen molar-refractivity contribution < 1.29 is 9.84 Å². The lowest BCUT2D eigenvalue weighted by Crippen LogP contribution is -2.03. The summed E-state index contributed by atoms with van der Waals surface area (Å²) in [4.78, 5) is 0. The van der Waals surface area contributed by atoms with E-state index in [0.717, 1.165) is 0 Å². The Hall–Kier alpha value is -1.22. The standard InChI is InChI=1S/C14H12Cl2O2/c1-18-13-8-9(15)6-7-11(13)14(17)10-4-2-3-5-12(10)16/h2-8,14,17H,1H3. The summed E-state index contributed by atoms with van der Waals surface area (Å²) in [6.45, 7) is 0. The summed E-state index contributed by atoms with van der Waals surface area (Å²) in [5.41, 5.74) is 1.27. The fraction of sp³-hybridized carbons (Fsp3) is 0.143. The molecular weight excluding hydrogens is 271 g/mol. The van der Waals surface area contributed by atoms with Crippen LogP contribution in [0, 0.1) is 0 Å². The summed E-state index contributed by atoms with van der Waals surface area (Å²) in [6, 6.07) is 12.3. The molecule has 94 valence electrons. The second-order valence-corrected chi connectivity index (χ2v) is 4.65. The van der Waals surface area contributed by atoms with E-state index in [2.05, 4.69) is 0 Å². The van der Waals surface area contributed by atoms with Crippen molar-refractivity contribution >= 4 is 23.2 Å². The van der Waals surface area contributed by atoms with E-state index in [1.165, 1.54) is 7.11 Å². The smallest absolute Gasteiger partial charge is 0.126 e. The number of aliphatic hydroxyl groups excluding tert-OH is 1. The molecule has 1 N–H and O–H groups in total. The second kappa shape index (κ2) is 5.61. The van der Waals surface area contributed by atoms with Gasteiger partial charge in [0.05, 0.1) is 7.11 Å². The summed E-state index contributed by atoms with van der Waals surface area (Å²) < 4.78 is 5.22. The molecular formula is C14H12Cl2O2. The lowest BCUT2D eigenvalue weighted by Gasteiger charge is -2.16. The molecule has 2 aromatic carbocycles. The molecule has 0 aliphatic rings. The molecule has 0 spiro atoms. The van der Waals surface area contributed by atoms with E-state index < -0.39 is 6.10 Å². The number of methoxy groups -OCH3 is 1. The topological polar surface area (TPSA) is 29.5 Å². The SMILES string of the molecule is COc1cc(Cl)ccc1C(O)c1ccccc1Cl. The monoisotopic (exact) mass is 282 g/mol. The summed E-state index contributed by atoms with van der Waals surface area (Å²) in [6.07, 6.45) is -0.842. The van der Waals surface area contributed by atoms with Crippen LogP contribution in [-0.4, -0.2) is 12.2 Å². The van der Waals surface area contributed by atoms with Crippen molar-refractivity contribution in [1.82, 2.24) is 0 Å². The average molecular weight is 283 g/mol. The molecule has 0 bridgehead atoms. The molecule has 0 saturated carbocycles. The van der Waals surface area contributed by atoms with Crippen LogP contribution in [0.1, 0.15) is 17.2 Å². The van der Waals surface area contributed by atoms with E-state index in [9.17, 15) is 5.11 Å². The molecule has 2 aromatic rings. The zero-order valence-electron chi connectivity index (χ0n) is 9.73. The van der Waals surface area contributed by atoms with Crippen LogP contribution in [-0.2, 0) is 0 Å². The Bertz CT molecular complexity index is 555. The van der Waals surface area contributed by atoms with Crippen molar-refractivity contribution in [3.8, 4) is 5.75 Å². The maximum absolute atomic E-state index is 10.4. The van der Waals surface area contributed by atoms with E-state index in [1.807, 2.05) is 12.1 Å². The van der Waals surface area contributed by atoms with Gasteiger partial charge in [0.15, 0.2) is 0 Å². The summed E-state index contributed by atoms with van der Waals surface area (Å²) in [5.74, 6) is 0.537. The fourth-order valence-corrected chi connectivity index (χ4v) is 2.18. The zero-order valence-corrected chi connectivity index (χ0v) is 11.2. The van der Waals surface area contributed by atoms with Crippen molar-refractivity contribution in [2.24, 2.45) is 0 Å². The zero-order chi connectivity index (χ0) is 13.1. The molecule has 0 aliphatic heterocycles. The van der Waals surface area contributed by atoms with Gasteiger partial charge in [-0.2, -0.15) is 0 Å². The van der Waals surface area contributed by atoms with Crippen molar-refractivity contribution in [1.29, 1.82) is 0 Å². The Morgan fingerprint density at radius 3 is 2.44 bits per heavy atom. The molecule has 2 nitrogen and oxygen atoms in total. The van der Waals surface area contributed by atoms with E-state index in [1.54, 1.807) is 30.3 Å². The van der Waals surface area contributed by atoms with Crippen LogP contribution in [0.4, 0.5) is 0 Å². The van der Waals surface area contributed by atoms with Gasteiger partial charge in [-0.25, -0.2) is 0 Å². The lowest BCUT2D eigenvalue weighted by molar-refractivity contribution is 0.215. The summed E-state index contributed by atoms with van der Waals surface area (Å²) >= 11 is 12.0. The van der Waals surface area contributed by atoms with Gasteiger partial charge in [-0.15, -0.1) is 0 Å². The normalized spacial score (nSPS) is 12.2. The van der Waals surface area contributed by atoms with E-state index in [4.69, 9.17) is 27.9 Å². The van der Waals surface area contributed by atoms with Gasteiger partial charge in [-0.05, 0) is 18.2 Å². The molecule has 2 rings (SSSR count). The second-order valence-electron chi connectivity index (χ2n) is 3.81. The Balaban J connectivity index is 2.46. The highest BCUT2D eigenvalue weighted by molar-refractivity contribution is 6.31. The molecule has 0 aliphatic carbocycles. The number of ether oxygens (including phenoxy) is 1. The Labute approximate surface area is 116 Å². The molecule has 0 heterocycles. The molecule has 1 unspecified atom stereocenters. The molecule has 0 aromatic heterocycles. The Kier molecular flexibility index (Phi) is 4.12. The third-order valence-electron chi connectivity index (χ3n) is 2.69. The van der Waals surface area contributed by atoms with Gasteiger partial charge in [-0.3, -0.25) is 0 Å². The summed E-state index contributed by atoms with van der Waals surface area (Å²) in [5, 5.41) is 11.4. The highest BCUT2D eigenvalue weighted by atomic mass is 35.5. The highest BCUT2D eigenvalue weighted by Gasteiger charge is 2.17. The third kappa shape index (κ3) is 2.61. The van der Waals surface area contributed by atoms with Crippen LogP contribution in [0.5, 0.6) is 5.75 Å². The number of aliphatic hydroxyl groups is 1. The Morgan fingerprint density at radius 2 is 1.78 bits per heavy atom. The number of benzene rings is 2. The van der Waals surface area contributed by atoms with Crippen molar-refractivity contribution in [2.45, 2.75) is 6.10 Å². The minimum atomic E-state index is -0.842. The first-order chi connectivity index (χ1) is 8.63. The number of hydrogen-bond acceptors (Lipinski definition) is 2. The van der Waals surface area contributed by atoms with Crippen LogP contribution >= 0.6 is 23.2 Å². The van der Waals surface area contributed by atoms with Crippen LogP contribution < -0.4 is 4.74 Å².